The number of aromatic amines is 1. The van der Waals surface area contributed by atoms with Crippen molar-refractivity contribution in [2.24, 2.45) is 0 Å². The fourth-order valence-corrected chi connectivity index (χ4v) is 2.07. The predicted octanol–water partition coefficient (Wildman–Crippen LogP) is -0.164. The molecule has 2 N–H and O–H groups in total. The molecule has 1 heterocycles. The fraction of sp³-hybridized carbons (Fsp3) is 0.500. The lowest BCUT2D eigenvalue weighted by molar-refractivity contribution is 0.521. The van der Waals surface area contributed by atoms with Gasteiger partial charge in [0.05, 0.1) is 12.1 Å². The van der Waals surface area contributed by atoms with Gasteiger partial charge in [0, 0.05) is 20.6 Å². The molecule has 0 aliphatic rings. The van der Waals surface area contributed by atoms with Gasteiger partial charge in [0.15, 0.2) is 0 Å². The van der Waals surface area contributed by atoms with Gasteiger partial charge in [-0.3, -0.25) is 4.79 Å². The molecule has 0 aromatic carbocycles. The fourth-order valence-electron chi connectivity index (χ4n) is 0.987. The molecule has 9 heteroatoms. The summed E-state index contributed by atoms with van der Waals surface area (Å²) in [6, 6.07) is 0. The van der Waals surface area contributed by atoms with E-state index >= 15 is 0 Å². The quantitative estimate of drug-likeness (QED) is 0.784. The van der Waals surface area contributed by atoms with Gasteiger partial charge >= 0.3 is 0 Å². The molecule has 1 aromatic heterocycles. The van der Waals surface area contributed by atoms with Crippen LogP contribution < -0.4 is 10.9 Å². The van der Waals surface area contributed by atoms with Crippen molar-refractivity contribution in [2.75, 3.05) is 31.7 Å². The molecule has 0 aliphatic heterocycles. The van der Waals surface area contributed by atoms with Gasteiger partial charge in [-0.05, 0) is 15.9 Å². The van der Waals surface area contributed by atoms with Gasteiger partial charge < -0.3 is 10.3 Å². The van der Waals surface area contributed by atoms with Crippen molar-refractivity contribution < 1.29 is 8.42 Å². The summed E-state index contributed by atoms with van der Waals surface area (Å²) in [4.78, 5) is 17.5. The van der Waals surface area contributed by atoms with Crippen LogP contribution in [0.1, 0.15) is 0 Å². The number of rotatable bonds is 5. The Bertz CT molecular complexity index is 540. The number of anilines is 1. The van der Waals surface area contributed by atoms with Crippen molar-refractivity contribution in [1.82, 2.24) is 14.3 Å². The average molecular weight is 325 g/mol. The van der Waals surface area contributed by atoms with E-state index in [1.807, 2.05) is 0 Å². The number of aromatic nitrogens is 2. The van der Waals surface area contributed by atoms with Gasteiger partial charge in [-0.25, -0.2) is 17.7 Å². The van der Waals surface area contributed by atoms with E-state index in [4.69, 9.17) is 0 Å². The Morgan fingerprint density at radius 2 is 2.18 bits per heavy atom. The van der Waals surface area contributed by atoms with Crippen LogP contribution in [0.25, 0.3) is 0 Å². The molecule has 1 aromatic rings. The molecule has 1 rings (SSSR count). The third-order valence-corrected chi connectivity index (χ3v) is 4.57. The van der Waals surface area contributed by atoms with Crippen LogP contribution in [0.4, 0.5) is 5.82 Å². The van der Waals surface area contributed by atoms with Crippen molar-refractivity contribution in [3.63, 3.8) is 0 Å². The summed E-state index contributed by atoms with van der Waals surface area (Å²) in [6.07, 6.45) is 1.25. The molecule has 0 fully saturated rings. The Morgan fingerprint density at radius 1 is 1.53 bits per heavy atom. The Morgan fingerprint density at radius 3 is 2.76 bits per heavy atom. The molecule has 17 heavy (non-hydrogen) atoms. The maximum Gasteiger partial charge on any atom is 0.267 e. The second-order valence-corrected chi connectivity index (χ2v) is 6.51. The van der Waals surface area contributed by atoms with E-state index in [2.05, 4.69) is 31.2 Å². The Kier molecular flexibility index (Phi) is 4.66. The van der Waals surface area contributed by atoms with E-state index in [9.17, 15) is 13.2 Å². The summed E-state index contributed by atoms with van der Waals surface area (Å²) >= 11 is 3.06. The first-order chi connectivity index (χ1) is 7.84. The molecule has 0 unspecified atom stereocenters. The number of hydrogen-bond acceptors (Lipinski definition) is 5. The maximum absolute atomic E-state index is 11.5. The molecule has 0 spiro atoms. The summed E-state index contributed by atoms with van der Waals surface area (Å²) in [5, 5.41) is 2.78. The van der Waals surface area contributed by atoms with Gasteiger partial charge in [-0.1, -0.05) is 0 Å². The summed E-state index contributed by atoms with van der Waals surface area (Å²) in [5.41, 5.74) is -0.321. The number of halogens is 1. The second-order valence-electron chi connectivity index (χ2n) is 3.42. The molecular weight excluding hydrogens is 312 g/mol. The van der Waals surface area contributed by atoms with E-state index in [1.165, 1.54) is 20.4 Å². The minimum Gasteiger partial charge on any atom is -0.368 e. The molecule has 0 saturated carbocycles. The molecule has 0 atom stereocenters. The van der Waals surface area contributed by atoms with Crippen molar-refractivity contribution in [3.05, 3.63) is 21.2 Å². The predicted molar refractivity (Wildman–Crippen MR) is 68.5 cm³/mol. The highest BCUT2D eigenvalue weighted by Gasteiger charge is 2.13. The van der Waals surface area contributed by atoms with Crippen LogP contribution in [-0.4, -0.2) is 49.1 Å². The molecule has 0 aliphatic carbocycles. The number of hydrogen-bond donors (Lipinski definition) is 2. The van der Waals surface area contributed by atoms with Gasteiger partial charge in [-0.15, -0.1) is 0 Å². The standard InChI is InChI=1S/C8H13BrN4O3S/c1-13(2)17(15,16)4-3-10-7-6(9)8(14)12-5-11-7/h5H,3-4H2,1-2H3,(H2,10,11,12,14). The van der Waals surface area contributed by atoms with E-state index in [0.29, 0.717) is 5.82 Å². The first kappa shape index (κ1) is 14.1. The number of H-pyrrole nitrogens is 1. The van der Waals surface area contributed by atoms with Crippen LogP contribution in [0, 0.1) is 0 Å². The zero-order valence-electron chi connectivity index (χ0n) is 9.40. The van der Waals surface area contributed by atoms with Gasteiger partial charge in [0.2, 0.25) is 10.0 Å². The molecule has 7 nitrogen and oxygen atoms in total. The van der Waals surface area contributed by atoms with Crippen LogP contribution in [0.3, 0.4) is 0 Å². The maximum atomic E-state index is 11.5. The summed E-state index contributed by atoms with van der Waals surface area (Å²) in [5.74, 6) is 0.253. The number of sulfonamides is 1. The van der Waals surface area contributed by atoms with Crippen molar-refractivity contribution in [3.8, 4) is 0 Å². The molecule has 0 bridgehead atoms. The first-order valence-electron chi connectivity index (χ1n) is 4.72. The average Bonchev–Trinajstić information content (AvgIpc) is 2.24. The van der Waals surface area contributed by atoms with Crippen LogP contribution in [0.15, 0.2) is 15.6 Å². The molecule has 0 radical (unpaired) electrons. The first-order valence-corrected chi connectivity index (χ1v) is 7.12. The van der Waals surface area contributed by atoms with E-state index in [-0.39, 0.29) is 22.3 Å². The molecule has 0 amide bonds. The minimum atomic E-state index is -3.25. The smallest absolute Gasteiger partial charge is 0.267 e. The Hall–Kier alpha value is -0.930. The van der Waals surface area contributed by atoms with Gasteiger partial charge in [0.1, 0.15) is 10.3 Å². The Labute approximate surface area is 107 Å². The Balaban J connectivity index is 2.64. The lowest BCUT2D eigenvalue weighted by atomic mass is 10.5. The summed E-state index contributed by atoms with van der Waals surface area (Å²) in [6.45, 7) is 0.176. The van der Waals surface area contributed by atoms with Crippen LogP contribution in [0.5, 0.6) is 0 Å². The highest BCUT2D eigenvalue weighted by atomic mass is 79.9. The SMILES string of the molecule is CN(C)S(=O)(=O)CCNc1nc[nH]c(=O)c1Br. The minimum absolute atomic E-state index is 0.0685. The van der Waals surface area contributed by atoms with Gasteiger partial charge in [0.25, 0.3) is 5.56 Å². The highest BCUT2D eigenvalue weighted by Crippen LogP contribution is 2.12. The number of nitrogens with one attached hydrogen (secondary N) is 2. The molecule has 0 saturated heterocycles. The lowest BCUT2D eigenvalue weighted by Gasteiger charge is -2.12. The summed E-state index contributed by atoms with van der Waals surface area (Å²) in [7, 11) is -0.312. The van der Waals surface area contributed by atoms with Crippen LogP contribution in [0.2, 0.25) is 0 Å². The largest absolute Gasteiger partial charge is 0.368 e. The third kappa shape index (κ3) is 3.79. The monoisotopic (exact) mass is 324 g/mol. The van der Waals surface area contributed by atoms with E-state index in [0.717, 1.165) is 4.31 Å². The highest BCUT2D eigenvalue weighted by molar-refractivity contribution is 9.10. The van der Waals surface area contributed by atoms with Crippen molar-refractivity contribution in [1.29, 1.82) is 0 Å². The zero-order valence-corrected chi connectivity index (χ0v) is 11.8. The van der Waals surface area contributed by atoms with E-state index < -0.39 is 10.0 Å². The molecular formula is C8H13BrN4O3S. The zero-order chi connectivity index (χ0) is 13.1. The van der Waals surface area contributed by atoms with Crippen molar-refractivity contribution >= 4 is 31.8 Å². The van der Waals surface area contributed by atoms with Crippen molar-refractivity contribution in [2.45, 2.75) is 0 Å². The van der Waals surface area contributed by atoms with Crippen LogP contribution in [-0.2, 0) is 10.0 Å². The lowest BCUT2D eigenvalue weighted by Crippen LogP contribution is -2.28. The topological polar surface area (TPSA) is 95.2 Å². The third-order valence-electron chi connectivity index (χ3n) is 2.01. The van der Waals surface area contributed by atoms with E-state index in [1.54, 1.807) is 0 Å². The van der Waals surface area contributed by atoms with Gasteiger partial charge in [-0.2, -0.15) is 0 Å². The summed E-state index contributed by atoms with van der Waals surface area (Å²) < 4.78 is 24.3. The normalized spacial score (nSPS) is 11.8. The number of nitrogens with zero attached hydrogens (tertiary/aromatic N) is 2. The van der Waals surface area contributed by atoms with Crippen LogP contribution >= 0.6 is 15.9 Å². The molecule has 96 valence electrons. The second kappa shape index (κ2) is 5.61.